The highest BCUT2D eigenvalue weighted by Crippen LogP contribution is 2.26. The smallest absolute Gasteiger partial charge is 0.224 e. The summed E-state index contributed by atoms with van der Waals surface area (Å²) in [5.74, 6) is 1.10. The van der Waals surface area contributed by atoms with E-state index in [4.69, 9.17) is 5.26 Å². The standard InChI is InChI=1S/C23H28N6O/c24-14-20-6-1-7-22(27-20)28-12-8-21(9-13-28)29-11-3-5-19(17-29)23(30)26-16-18-4-2-10-25-15-18/h1-2,4,6-7,10,15,19,21H,3,5,8-9,11-13,16-17H2,(H,26,30)/t19-/m0/s1. The molecule has 156 valence electrons. The molecule has 4 heterocycles. The Morgan fingerprint density at radius 1 is 1.17 bits per heavy atom. The van der Waals surface area contributed by atoms with Crippen LogP contribution in [0, 0.1) is 17.2 Å². The van der Waals surface area contributed by atoms with Gasteiger partial charge in [-0.25, -0.2) is 4.98 Å². The Balaban J connectivity index is 1.27. The third-order valence-electron chi connectivity index (χ3n) is 6.17. The number of hydrogen-bond acceptors (Lipinski definition) is 6. The molecule has 4 rings (SSSR count). The number of carbonyl (C=O) groups excluding carboxylic acids is 1. The van der Waals surface area contributed by atoms with Crippen molar-refractivity contribution >= 4 is 11.7 Å². The van der Waals surface area contributed by atoms with Crippen molar-refractivity contribution in [1.29, 1.82) is 5.26 Å². The molecule has 0 spiro atoms. The summed E-state index contributed by atoms with van der Waals surface area (Å²) >= 11 is 0. The first kappa shape index (κ1) is 20.3. The minimum atomic E-state index is 0.0578. The van der Waals surface area contributed by atoms with Crippen molar-refractivity contribution in [2.24, 2.45) is 5.92 Å². The van der Waals surface area contributed by atoms with E-state index in [-0.39, 0.29) is 11.8 Å². The van der Waals surface area contributed by atoms with Gasteiger partial charge in [-0.05, 0) is 56.0 Å². The van der Waals surface area contributed by atoms with Crippen LogP contribution in [-0.2, 0) is 11.3 Å². The van der Waals surface area contributed by atoms with E-state index in [0.29, 0.717) is 18.3 Å². The van der Waals surface area contributed by atoms with Gasteiger partial charge in [0.25, 0.3) is 0 Å². The first-order valence-electron chi connectivity index (χ1n) is 10.8. The van der Waals surface area contributed by atoms with Gasteiger partial charge in [0.15, 0.2) is 0 Å². The number of hydrogen-bond donors (Lipinski definition) is 1. The van der Waals surface area contributed by atoms with Gasteiger partial charge in [-0.2, -0.15) is 5.26 Å². The molecule has 30 heavy (non-hydrogen) atoms. The molecule has 0 saturated carbocycles. The fourth-order valence-electron chi connectivity index (χ4n) is 4.51. The molecule has 2 fully saturated rings. The van der Waals surface area contributed by atoms with Gasteiger partial charge in [-0.15, -0.1) is 0 Å². The average molecular weight is 405 g/mol. The van der Waals surface area contributed by atoms with E-state index in [1.165, 1.54) is 0 Å². The van der Waals surface area contributed by atoms with Crippen molar-refractivity contribution in [2.75, 3.05) is 31.1 Å². The summed E-state index contributed by atoms with van der Waals surface area (Å²) in [6.07, 6.45) is 7.68. The van der Waals surface area contributed by atoms with Crippen LogP contribution in [0.3, 0.4) is 0 Å². The van der Waals surface area contributed by atoms with E-state index in [9.17, 15) is 4.79 Å². The summed E-state index contributed by atoms with van der Waals surface area (Å²) in [7, 11) is 0. The third-order valence-corrected chi connectivity index (χ3v) is 6.17. The molecule has 0 unspecified atom stereocenters. The molecule has 2 aliphatic rings. The number of aromatic nitrogens is 2. The Bertz CT molecular complexity index is 888. The van der Waals surface area contributed by atoms with Gasteiger partial charge >= 0.3 is 0 Å². The minimum absolute atomic E-state index is 0.0578. The van der Waals surface area contributed by atoms with Gasteiger partial charge in [-0.1, -0.05) is 12.1 Å². The van der Waals surface area contributed by atoms with Gasteiger partial charge < -0.3 is 10.2 Å². The van der Waals surface area contributed by atoms with Crippen LogP contribution in [0.25, 0.3) is 0 Å². The third kappa shape index (κ3) is 4.95. The fourth-order valence-corrected chi connectivity index (χ4v) is 4.51. The number of carbonyl (C=O) groups is 1. The predicted octanol–water partition coefficient (Wildman–Crippen LogP) is 2.35. The van der Waals surface area contributed by atoms with E-state index in [1.807, 2.05) is 24.3 Å². The van der Waals surface area contributed by atoms with Crippen molar-refractivity contribution in [2.45, 2.75) is 38.3 Å². The van der Waals surface area contributed by atoms with Crippen molar-refractivity contribution in [3.8, 4) is 6.07 Å². The lowest BCUT2D eigenvalue weighted by molar-refractivity contribution is -0.127. The molecule has 1 amide bonds. The lowest BCUT2D eigenvalue weighted by atomic mass is 9.93. The molecule has 1 N–H and O–H groups in total. The zero-order valence-corrected chi connectivity index (χ0v) is 17.2. The maximum Gasteiger partial charge on any atom is 0.224 e. The number of piperidine rings is 2. The maximum atomic E-state index is 12.7. The topological polar surface area (TPSA) is 85.2 Å². The Hall–Kier alpha value is -2.98. The highest BCUT2D eigenvalue weighted by molar-refractivity contribution is 5.78. The summed E-state index contributed by atoms with van der Waals surface area (Å²) < 4.78 is 0. The molecule has 2 aliphatic heterocycles. The van der Waals surface area contributed by atoms with Crippen LogP contribution >= 0.6 is 0 Å². The number of likely N-dealkylation sites (tertiary alicyclic amines) is 1. The number of nitrogens with one attached hydrogen (secondary N) is 1. The van der Waals surface area contributed by atoms with Gasteiger partial charge in [0.05, 0.1) is 5.92 Å². The monoisotopic (exact) mass is 404 g/mol. The van der Waals surface area contributed by atoms with E-state index >= 15 is 0 Å². The number of rotatable bonds is 5. The Kier molecular flexibility index (Phi) is 6.55. The van der Waals surface area contributed by atoms with Crippen LogP contribution in [0.15, 0.2) is 42.7 Å². The van der Waals surface area contributed by atoms with Gasteiger partial charge in [0.1, 0.15) is 17.6 Å². The molecule has 2 aromatic heterocycles. The lowest BCUT2D eigenvalue weighted by Crippen LogP contribution is -2.50. The normalized spacial score (nSPS) is 20.5. The van der Waals surface area contributed by atoms with Gasteiger partial charge in [-0.3, -0.25) is 14.7 Å². The Morgan fingerprint density at radius 3 is 2.80 bits per heavy atom. The van der Waals surface area contributed by atoms with E-state index < -0.39 is 0 Å². The van der Waals surface area contributed by atoms with Crippen LogP contribution in [0.2, 0.25) is 0 Å². The van der Waals surface area contributed by atoms with Crippen molar-refractivity contribution in [3.05, 3.63) is 54.0 Å². The summed E-state index contributed by atoms with van der Waals surface area (Å²) in [5, 5.41) is 12.2. The van der Waals surface area contributed by atoms with Crippen LogP contribution in [-0.4, -0.2) is 53.0 Å². The zero-order valence-electron chi connectivity index (χ0n) is 17.2. The summed E-state index contributed by atoms with van der Waals surface area (Å²) in [4.78, 5) is 26.0. The summed E-state index contributed by atoms with van der Waals surface area (Å²) in [6.45, 7) is 4.31. The zero-order chi connectivity index (χ0) is 20.8. The maximum absolute atomic E-state index is 12.7. The quantitative estimate of drug-likeness (QED) is 0.823. The minimum Gasteiger partial charge on any atom is -0.356 e. The molecular weight excluding hydrogens is 376 g/mol. The highest BCUT2D eigenvalue weighted by Gasteiger charge is 2.31. The van der Waals surface area contributed by atoms with Crippen LogP contribution in [0.5, 0.6) is 0 Å². The second kappa shape index (κ2) is 9.68. The van der Waals surface area contributed by atoms with Crippen molar-refractivity contribution < 1.29 is 4.79 Å². The van der Waals surface area contributed by atoms with E-state index in [0.717, 1.165) is 63.2 Å². The van der Waals surface area contributed by atoms with Crippen LogP contribution < -0.4 is 10.2 Å². The molecule has 1 atom stereocenters. The largest absolute Gasteiger partial charge is 0.356 e. The Morgan fingerprint density at radius 2 is 2.03 bits per heavy atom. The number of anilines is 1. The van der Waals surface area contributed by atoms with Crippen LogP contribution in [0.1, 0.15) is 36.9 Å². The summed E-state index contributed by atoms with van der Waals surface area (Å²) in [5.41, 5.74) is 1.49. The molecule has 7 nitrogen and oxygen atoms in total. The van der Waals surface area contributed by atoms with Crippen LogP contribution in [0.4, 0.5) is 5.82 Å². The fraction of sp³-hybridized carbons (Fsp3) is 0.478. The molecule has 0 bridgehead atoms. The molecular formula is C23H28N6O. The highest BCUT2D eigenvalue weighted by atomic mass is 16.1. The number of nitrogens with zero attached hydrogens (tertiary/aromatic N) is 5. The predicted molar refractivity (Wildman–Crippen MR) is 115 cm³/mol. The number of pyridine rings is 2. The van der Waals surface area contributed by atoms with E-state index in [2.05, 4.69) is 31.2 Å². The molecule has 0 radical (unpaired) electrons. The van der Waals surface area contributed by atoms with Crippen molar-refractivity contribution in [3.63, 3.8) is 0 Å². The second-order valence-electron chi connectivity index (χ2n) is 8.12. The molecule has 2 aromatic rings. The molecule has 0 aromatic carbocycles. The first-order chi connectivity index (χ1) is 14.7. The molecule has 0 aliphatic carbocycles. The van der Waals surface area contributed by atoms with E-state index in [1.54, 1.807) is 18.5 Å². The van der Waals surface area contributed by atoms with Gasteiger partial charge in [0.2, 0.25) is 5.91 Å². The lowest BCUT2D eigenvalue weighted by Gasteiger charge is -2.42. The molecule has 2 saturated heterocycles. The number of amides is 1. The summed E-state index contributed by atoms with van der Waals surface area (Å²) in [6, 6.07) is 12.1. The first-order valence-corrected chi connectivity index (χ1v) is 10.8. The average Bonchev–Trinajstić information content (AvgIpc) is 2.83. The SMILES string of the molecule is N#Cc1cccc(N2CCC(N3CCC[C@H](C(=O)NCc4cccnc4)C3)CC2)n1. The van der Waals surface area contributed by atoms with Crippen molar-refractivity contribution in [1.82, 2.24) is 20.2 Å². The number of nitriles is 1. The molecule has 7 heteroatoms. The second-order valence-corrected chi connectivity index (χ2v) is 8.12. The van der Waals surface area contributed by atoms with Gasteiger partial charge in [0, 0.05) is 44.6 Å². The Labute approximate surface area is 177 Å².